The summed E-state index contributed by atoms with van der Waals surface area (Å²) in [6.45, 7) is -0.825. The van der Waals surface area contributed by atoms with Gasteiger partial charge in [0.2, 0.25) is 0 Å². The van der Waals surface area contributed by atoms with Crippen molar-refractivity contribution >= 4 is 21.6 Å². The fourth-order valence-electron chi connectivity index (χ4n) is 2.08. The van der Waals surface area contributed by atoms with Gasteiger partial charge in [-0.15, -0.1) is 11.3 Å². The Balaban J connectivity index is 2.76. The maximum atomic E-state index is 12.5. The Bertz CT molecular complexity index is 772. The predicted molar refractivity (Wildman–Crippen MR) is 71.7 cm³/mol. The van der Waals surface area contributed by atoms with E-state index in [1.807, 2.05) is 0 Å². The maximum Gasteiger partial charge on any atom is 0.406 e. The molecule has 4 nitrogen and oxygen atoms in total. The maximum absolute atomic E-state index is 12.5. The first kappa shape index (κ1) is 15.7. The van der Waals surface area contributed by atoms with E-state index in [1.54, 1.807) is 12.3 Å². The molecule has 9 heteroatoms. The van der Waals surface area contributed by atoms with Crippen molar-refractivity contribution in [1.29, 1.82) is 0 Å². The molecule has 2 heterocycles. The largest absolute Gasteiger partial charge is 0.406 e. The molecule has 0 aromatic carbocycles. The molecule has 0 N–H and O–H groups in total. The molecule has 0 atom stereocenters. The second-order valence-corrected chi connectivity index (χ2v) is 5.44. The first-order chi connectivity index (χ1) is 9.76. The summed E-state index contributed by atoms with van der Waals surface area (Å²) in [7, 11) is 0. The van der Waals surface area contributed by atoms with Crippen molar-refractivity contribution in [2.45, 2.75) is 32.6 Å². The molecule has 0 saturated carbocycles. The highest BCUT2D eigenvalue weighted by Crippen LogP contribution is 2.22. The number of halogens is 4. The third-order valence-electron chi connectivity index (χ3n) is 2.97. The topological polar surface area (TPSA) is 44.0 Å². The van der Waals surface area contributed by atoms with Crippen LogP contribution in [0.25, 0.3) is 10.2 Å². The normalized spacial score (nSPS) is 12.2. The van der Waals surface area contributed by atoms with Gasteiger partial charge in [0.15, 0.2) is 0 Å². The minimum atomic E-state index is -4.68. The van der Waals surface area contributed by atoms with Gasteiger partial charge in [0.25, 0.3) is 5.56 Å². The van der Waals surface area contributed by atoms with E-state index >= 15 is 0 Å². The zero-order valence-corrected chi connectivity index (χ0v) is 11.9. The Hall–Kier alpha value is -1.64. The monoisotopic (exact) mass is 324 g/mol. The number of hydrogen-bond donors (Lipinski definition) is 0. The van der Waals surface area contributed by atoms with Crippen LogP contribution in [0.3, 0.4) is 0 Å². The lowest BCUT2D eigenvalue weighted by molar-refractivity contribution is -0.141. The molecule has 0 amide bonds. The van der Waals surface area contributed by atoms with Crippen LogP contribution in [0.5, 0.6) is 0 Å². The van der Waals surface area contributed by atoms with E-state index < -0.39 is 30.6 Å². The van der Waals surface area contributed by atoms with E-state index in [4.69, 9.17) is 0 Å². The molecule has 0 spiro atoms. The summed E-state index contributed by atoms with van der Waals surface area (Å²) in [5.74, 6) is 0. The summed E-state index contributed by atoms with van der Waals surface area (Å²) in [4.78, 5) is 24.5. The summed E-state index contributed by atoms with van der Waals surface area (Å²) in [6.07, 6.45) is -4.69. The van der Waals surface area contributed by atoms with Crippen molar-refractivity contribution in [1.82, 2.24) is 9.13 Å². The first-order valence-electron chi connectivity index (χ1n) is 6.10. The summed E-state index contributed by atoms with van der Waals surface area (Å²) >= 11 is 1.09. The molecule has 0 radical (unpaired) electrons. The van der Waals surface area contributed by atoms with E-state index in [-0.39, 0.29) is 27.7 Å². The number of fused-ring (bicyclic) bond motifs is 1. The van der Waals surface area contributed by atoms with Crippen molar-refractivity contribution < 1.29 is 17.6 Å². The molecular formula is C12H12F4N2O2S. The molecule has 0 unspecified atom stereocenters. The van der Waals surface area contributed by atoms with Crippen LogP contribution in [0.2, 0.25) is 0 Å². The Morgan fingerprint density at radius 2 is 1.90 bits per heavy atom. The van der Waals surface area contributed by atoms with Crippen LogP contribution in [0, 0.1) is 6.92 Å². The van der Waals surface area contributed by atoms with Crippen LogP contribution < -0.4 is 11.2 Å². The number of rotatable bonds is 4. The van der Waals surface area contributed by atoms with Crippen LogP contribution in [0.1, 0.15) is 12.0 Å². The second-order valence-electron chi connectivity index (χ2n) is 4.58. The van der Waals surface area contributed by atoms with E-state index in [9.17, 15) is 27.2 Å². The van der Waals surface area contributed by atoms with Gasteiger partial charge in [-0.3, -0.25) is 18.3 Å². The lowest BCUT2D eigenvalue weighted by atomic mass is 10.2. The molecule has 0 aliphatic carbocycles. The van der Waals surface area contributed by atoms with Crippen molar-refractivity contribution in [3.63, 3.8) is 0 Å². The zero-order valence-electron chi connectivity index (χ0n) is 11.0. The summed E-state index contributed by atoms with van der Waals surface area (Å²) in [6, 6.07) is 0. The quantitative estimate of drug-likeness (QED) is 0.811. The molecule has 116 valence electrons. The number of hydrogen-bond acceptors (Lipinski definition) is 3. The smallest absolute Gasteiger partial charge is 0.284 e. The number of alkyl halides is 4. The third-order valence-corrected chi connectivity index (χ3v) is 4.09. The molecule has 0 aliphatic heterocycles. The van der Waals surface area contributed by atoms with Crippen LogP contribution in [0.4, 0.5) is 17.6 Å². The predicted octanol–water partition coefficient (Wildman–Crippen LogP) is 2.46. The Labute approximate surface area is 120 Å². The Morgan fingerprint density at radius 3 is 2.48 bits per heavy atom. The van der Waals surface area contributed by atoms with Gasteiger partial charge >= 0.3 is 11.9 Å². The van der Waals surface area contributed by atoms with Crippen molar-refractivity contribution in [3.8, 4) is 0 Å². The minimum absolute atomic E-state index is 0.00379. The van der Waals surface area contributed by atoms with Gasteiger partial charge in [0, 0.05) is 6.54 Å². The van der Waals surface area contributed by atoms with Crippen LogP contribution in [-0.2, 0) is 13.1 Å². The van der Waals surface area contributed by atoms with Crippen LogP contribution >= 0.6 is 11.3 Å². The van der Waals surface area contributed by atoms with Crippen molar-refractivity contribution in [2.24, 2.45) is 0 Å². The van der Waals surface area contributed by atoms with E-state index in [1.165, 1.54) is 0 Å². The SMILES string of the molecule is Cc1csc2c1c(=O)n(CC(F)(F)F)c(=O)n2CCCF. The van der Waals surface area contributed by atoms with E-state index in [0.29, 0.717) is 5.56 Å². The molecule has 0 aliphatic rings. The molecule has 2 rings (SSSR count). The zero-order chi connectivity index (χ0) is 15.8. The number of nitrogens with zero attached hydrogens (tertiary/aromatic N) is 2. The average Bonchev–Trinajstić information content (AvgIpc) is 2.75. The molecule has 0 fully saturated rings. The van der Waals surface area contributed by atoms with Crippen LogP contribution in [0.15, 0.2) is 15.0 Å². The highest BCUT2D eigenvalue weighted by Gasteiger charge is 2.31. The lowest BCUT2D eigenvalue weighted by Crippen LogP contribution is -2.43. The summed E-state index contributed by atoms with van der Waals surface area (Å²) in [5.41, 5.74) is -1.51. The van der Waals surface area contributed by atoms with Gasteiger partial charge < -0.3 is 0 Å². The number of aryl methyl sites for hydroxylation is 2. The van der Waals surface area contributed by atoms with Crippen LogP contribution in [-0.4, -0.2) is 22.0 Å². The Morgan fingerprint density at radius 1 is 1.24 bits per heavy atom. The van der Waals surface area contributed by atoms with Gasteiger partial charge in [-0.1, -0.05) is 0 Å². The summed E-state index contributed by atoms with van der Waals surface area (Å²) < 4.78 is 51.2. The molecular weight excluding hydrogens is 312 g/mol. The van der Waals surface area contributed by atoms with Gasteiger partial charge in [-0.25, -0.2) is 4.79 Å². The second kappa shape index (κ2) is 5.63. The highest BCUT2D eigenvalue weighted by molar-refractivity contribution is 7.17. The highest BCUT2D eigenvalue weighted by atomic mass is 32.1. The first-order valence-corrected chi connectivity index (χ1v) is 6.98. The van der Waals surface area contributed by atoms with Crippen molar-refractivity contribution in [2.75, 3.05) is 6.67 Å². The van der Waals surface area contributed by atoms with Crippen molar-refractivity contribution in [3.05, 3.63) is 31.8 Å². The van der Waals surface area contributed by atoms with Gasteiger partial charge in [-0.2, -0.15) is 13.2 Å². The molecule has 2 aromatic rings. The number of thiophene rings is 1. The van der Waals surface area contributed by atoms with Gasteiger partial charge in [0.05, 0.1) is 12.1 Å². The molecule has 2 aromatic heterocycles. The lowest BCUT2D eigenvalue weighted by Gasteiger charge is -2.13. The van der Waals surface area contributed by atoms with Gasteiger partial charge in [0.1, 0.15) is 11.4 Å². The Kier molecular flexibility index (Phi) is 4.22. The average molecular weight is 324 g/mol. The standard InChI is InChI=1S/C12H12F4N2O2S/c1-7-5-21-10-8(7)9(19)18(6-12(14,15)16)11(20)17(10)4-2-3-13/h5H,2-4,6H2,1H3. The van der Waals surface area contributed by atoms with E-state index in [2.05, 4.69) is 0 Å². The minimum Gasteiger partial charge on any atom is -0.284 e. The fourth-order valence-corrected chi connectivity index (χ4v) is 3.15. The summed E-state index contributed by atoms with van der Waals surface area (Å²) in [5, 5.41) is 1.68. The number of aromatic nitrogens is 2. The fraction of sp³-hybridized carbons (Fsp3) is 0.500. The van der Waals surface area contributed by atoms with E-state index in [0.717, 1.165) is 15.9 Å². The van der Waals surface area contributed by atoms with Gasteiger partial charge in [-0.05, 0) is 24.3 Å². The molecule has 0 bridgehead atoms. The molecule has 21 heavy (non-hydrogen) atoms. The third kappa shape index (κ3) is 3.02. The molecule has 0 saturated heterocycles.